The van der Waals surface area contributed by atoms with Gasteiger partial charge in [-0.1, -0.05) is 88.1 Å². The lowest BCUT2D eigenvalue weighted by molar-refractivity contribution is 0.440. The summed E-state index contributed by atoms with van der Waals surface area (Å²) in [6, 6.07) is 11.3. The second kappa shape index (κ2) is 11.5. The van der Waals surface area contributed by atoms with Gasteiger partial charge >= 0.3 is 0 Å². The molecule has 0 bridgehead atoms. The first kappa shape index (κ1) is 19.2. The maximum absolute atomic E-state index is 5.58. The van der Waals surface area contributed by atoms with Gasteiger partial charge in [0.05, 0.1) is 6.04 Å². The minimum absolute atomic E-state index is 0.248. The first-order valence-electron chi connectivity index (χ1n) is 9.87. The fourth-order valence-corrected chi connectivity index (χ4v) is 3.90. The van der Waals surface area contributed by atoms with Gasteiger partial charge in [0, 0.05) is 6.04 Å². The van der Waals surface area contributed by atoms with E-state index in [9.17, 15) is 0 Å². The zero-order valence-electron chi connectivity index (χ0n) is 15.2. The minimum Gasteiger partial charge on any atom is -0.360 e. The molecule has 1 fully saturated rings. The van der Waals surface area contributed by atoms with Crippen molar-refractivity contribution in [2.75, 3.05) is 0 Å². The number of hydrogen-bond donors (Lipinski definition) is 2. The van der Waals surface area contributed by atoms with E-state index in [0.717, 1.165) is 5.11 Å². The van der Waals surface area contributed by atoms with Gasteiger partial charge in [-0.25, -0.2) is 0 Å². The van der Waals surface area contributed by atoms with Gasteiger partial charge < -0.3 is 10.6 Å². The van der Waals surface area contributed by atoms with Crippen molar-refractivity contribution in [1.29, 1.82) is 0 Å². The Bertz CT molecular complexity index is 448. The normalized spacial score (nSPS) is 19.5. The van der Waals surface area contributed by atoms with Crippen molar-refractivity contribution in [3.8, 4) is 0 Å². The molecule has 1 atom stereocenters. The average Bonchev–Trinajstić information content (AvgIpc) is 2.58. The summed E-state index contributed by atoms with van der Waals surface area (Å²) < 4.78 is 0. The average molecular weight is 347 g/mol. The number of thiocarbonyl (C=S) groups is 1. The van der Waals surface area contributed by atoms with Crippen LogP contribution in [-0.2, 0) is 0 Å². The van der Waals surface area contributed by atoms with Gasteiger partial charge in [-0.2, -0.15) is 0 Å². The summed E-state index contributed by atoms with van der Waals surface area (Å²) in [6.45, 7) is 2.17. The molecule has 0 aliphatic heterocycles. The number of rotatable bonds is 3. The van der Waals surface area contributed by atoms with E-state index < -0.39 is 0 Å². The first-order valence-corrected chi connectivity index (χ1v) is 10.3. The molecule has 2 N–H and O–H groups in total. The Labute approximate surface area is 153 Å². The quantitative estimate of drug-likeness (QED) is 0.668. The minimum atomic E-state index is 0.248. The van der Waals surface area contributed by atoms with Crippen molar-refractivity contribution in [2.24, 2.45) is 0 Å². The molecule has 1 aromatic rings. The Hall–Kier alpha value is -1.09. The predicted molar refractivity (Wildman–Crippen MR) is 108 cm³/mol. The molecule has 2 nitrogen and oxygen atoms in total. The van der Waals surface area contributed by atoms with E-state index in [0.29, 0.717) is 6.04 Å². The zero-order chi connectivity index (χ0) is 17.0. The van der Waals surface area contributed by atoms with Crippen LogP contribution in [0.25, 0.3) is 0 Å². The van der Waals surface area contributed by atoms with Crippen LogP contribution in [0.2, 0.25) is 0 Å². The molecule has 0 aromatic heterocycles. The van der Waals surface area contributed by atoms with Gasteiger partial charge in [0.1, 0.15) is 0 Å². The highest BCUT2D eigenvalue weighted by Gasteiger charge is 2.12. The molecule has 1 aliphatic carbocycles. The summed E-state index contributed by atoms with van der Waals surface area (Å²) >= 11 is 5.58. The second-order valence-corrected chi connectivity index (χ2v) is 7.61. The van der Waals surface area contributed by atoms with Crippen LogP contribution in [0, 0.1) is 0 Å². The fraction of sp³-hybridized carbons (Fsp3) is 0.667. The van der Waals surface area contributed by atoms with Gasteiger partial charge in [0.25, 0.3) is 0 Å². The van der Waals surface area contributed by atoms with Crippen LogP contribution in [0.3, 0.4) is 0 Å². The molecular formula is C21H34N2S. The van der Waals surface area contributed by atoms with Crippen LogP contribution >= 0.6 is 12.2 Å². The summed E-state index contributed by atoms with van der Waals surface area (Å²) in [5.74, 6) is 0. The lowest BCUT2D eigenvalue weighted by Gasteiger charge is -2.24. The van der Waals surface area contributed by atoms with Gasteiger partial charge in [-0.15, -0.1) is 0 Å². The summed E-state index contributed by atoms with van der Waals surface area (Å²) in [7, 11) is 0. The van der Waals surface area contributed by atoms with E-state index in [-0.39, 0.29) is 6.04 Å². The molecule has 1 aliphatic rings. The summed E-state index contributed by atoms with van der Waals surface area (Å²) in [5.41, 5.74) is 1.28. The largest absolute Gasteiger partial charge is 0.360 e. The third-order valence-corrected chi connectivity index (χ3v) is 5.32. The molecule has 1 unspecified atom stereocenters. The molecule has 0 spiro atoms. The predicted octanol–water partition coefficient (Wildman–Crippen LogP) is 5.89. The van der Waals surface area contributed by atoms with E-state index in [1.807, 2.05) is 0 Å². The highest BCUT2D eigenvalue weighted by Crippen LogP contribution is 2.17. The number of nitrogens with one attached hydrogen (secondary N) is 2. The zero-order valence-corrected chi connectivity index (χ0v) is 16.0. The molecule has 0 saturated heterocycles. The maximum Gasteiger partial charge on any atom is 0.166 e. The highest BCUT2D eigenvalue weighted by molar-refractivity contribution is 7.80. The third-order valence-electron chi connectivity index (χ3n) is 5.09. The summed E-state index contributed by atoms with van der Waals surface area (Å²) in [4.78, 5) is 0. The van der Waals surface area contributed by atoms with Crippen LogP contribution in [-0.4, -0.2) is 11.2 Å². The SMILES string of the molecule is CC(NC(=S)NC1CCCCCCCCCCC1)c1ccccc1. The van der Waals surface area contributed by atoms with Gasteiger partial charge in [-0.05, 0) is 37.5 Å². The van der Waals surface area contributed by atoms with Crippen molar-refractivity contribution in [2.45, 2.75) is 89.6 Å². The second-order valence-electron chi connectivity index (χ2n) is 7.21. The van der Waals surface area contributed by atoms with E-state index in [1.54, 1.807) is 0 Å². The molecule has 24 heavy (non-hydrogen) atoms. The van der Waals surface area contributed by atoms with Gasteiger partial charge in [0.2, 0.25) is 0 Å². The van der Waals surface area contributed by atoms with Crippen molar-refractivity contribution in [3.05, 3.63) is 35.9 Å². The van der Waals surface area contributed by atoms with E-state index in [4.69, 9.17) is 12.2 Å². The number of hydrogen-bond acceptors (Lipinski definition) is 1. The molecule has 0 amide bonds. The first-order chi connectivity index (χ1) is 11.8. The lowest BCUT2D eigenvalue weighted by atomic mass is 9.98. The monoisotopic (exact) mass is 346 g/mol. The van der Waals surface area contributed by atoms with Crippen LogP contribution in [0.4, 0.5) is 0 Å². The molecule has 1 aromatic carbocycles. The Balaban J connectivity index is 1.78. The molecule has 0 radical (unpaired) electrons. The van der Waals surface area contributed by atoms with Crippen molar-refractivity contribution in [1.82, 2.24) is 10.6 Å². The Morgan fingerprint density at radius 1 is 0.875 bits per heavy atom. The summed E-state index contributed by atoms with van der Waals surface area (Å²) in [6.07, 6.45) is 15.0. The molecular weight excluding hydrogens is 312 g/mol. The maximum atomic E-state index is 5.58. The van der Waals surface area contributed by atoms with Crippen LogP contribution < -0.4 is 10.6 Å². The van der Waals surface area contributed by atoms with Crippen LogP contribution in [0.15, 0.2) is 30.3 Å². The summed E-state index contributed by atoms with van der Waals surface area (Å²) in [5, 5.41) is 7.85. The lowest BCUT2D eigenvalue weighted by Crippen LogP contribution is -2.42. The van der Waals surface area contributed by atoms with Crippen molar-refractivity contribution < 1.29 is 0 Å². The fourth-order valence-electron chi connectivity index (χ4n) is 3.56. The smallest absolute Gasteiger partial charge is 0.166 e. The van der Waals surface area contributed by atoms with E-state index in [2.05, 4.69) is 47.9 Å². The molecule has 1 saturated carbocycles. The van der Waals surface area contributed by atoms with Crippen LogP contribution in [0.5, 0.6) is 0 Å². The topological polar surface area (TPSA) is 24.1 Å². The molecule has 0 heterocycles. The Morgan fingerprint density at radius 3 is 1.92 bits per heavy atom. The van der Waals surface area contributed by atoms with Crippen molar-refractivity contribution in [3.63, 3.8) is 0 Å². The molecule has 2 rings (SSSR count). The molecule has 3 heteroatoms. The third kappa shape index (κ3) is 7.65. The number of benzene rings is 1. The standard InChI is InChI=1S/C21H34N2S/c1-18(19-14-10-9-11-15-19)22-21(24)23-20-16-12-7-5-3-2-4-6-8-13-17-20/h9-11,14-15,18,20H,2-8,12-13,16-17H2,1H3,(H2,22,23,24). The highest BCUT2D eigenvalue weighted by atomic mass is 32.1. The Kier molecular flexibility index (Phi) is 9.19. The van der Waals surface area contributed by atoms with Gasteiger partial charge in [0.15, 0.2) is 5.11 Å². The Morgan fingerprint density at radius 2 is 1.38 bits per heavy atom. The molecule has 134 valence electrons. The van der Waals surface area contributed by atoms with E-state index in [1.165, 1.54) is 76.2 Å². The van der Waals surface area contributed by atoms with Gasteiger partial charge in [-0.3, -0.25) is 0 Å². The van der Waals surface area contributed by atoms with Crippen molar-refractivity contribution >= 4 is 17.3 Å². The van der Waals surface area contributed by atoms with Crippen LogP contribution in [0.1, 0.15) is 89.2 Å². The van der Waals surface area contributed by atoms with E-state index >= 15 is 0 Å².